The first-order valence-electron chi connectivity index (χ1n) is 8.05. The second kappa shape index (κ2) is 9.86. The molecular weight excluding hydrogens is 391 g/mol. The summed E-state index contributed by atoms with van der Waals surface area (Å²) in [6.07, 6.45) is 0. The van der Waals surface area contributed by atoms with Gasteiger partial charge in [-0.25, -0.2) is 0 Å². The highest BCUT2D eigenvalue weighted by atomic mass is 35.5. The monoisotopic (exact) mass is 410 g/mol. The Morgan fingerprint density at radius 2 is 1.69 bits per heavy atom. The highest BCUT2D eigenvalue weighted by molar-refractivity contribution is 7.99. The lowest BCUT2D eigenvalue weighted by Gasteiger charge is -2.21. The molecule has 0 saturated heterocycles. The van der Waals surface area contributed by atoms with Crippen LogP contribution in [0.5, 0.6) is 0 Å². The molecule has 2 aromatic rings. The summed E-state index contributed by atoms with van der Waals surface area (Å²) in [6, 6.07) is 14.9. The van der Waals surface area contributed by atoms with E-state index < -0.39 is 0 Å². The van der Waals surface area contributed by atoms with Gasteiger partial charge in [0.15, 0.2) is 0 Å². The van der Waals surface area contributed by atoms with Gasteiger partial charge in [0.25, 0.3) is 0 Å². The van der Waals surface area contributed by atoms with Crippen LogP contribution in [0.25, 0.3) is 0 Å². The fourth-order valence-corrected chi connectivity index (χ4v) is 3.70. The van der Waals surface area contributed by atoms with Gasteiger partial charge in [-0.05, 0) is 24.3 Å². The molecule has 7 heteroatoms. The van der Waals surface area contributed by atoms with Crippen molar-refractivity contribution in [2.24, 2.45) is 5.92 Å². The number of nitrogens with zero attached hydrogens (tertiary/aromatic N) is 1. The minimum Gasteiger partial charge on any atom is -0.336 e. The van der Waals surface area contributed by atoms with Crippen LogP contribution in [0.15, 0.2) is 53.4 Å². The average Bonchev–Trinajstić information content (AvgIpc) is 2.63. The predicted octanol–water partition coefficient (Wildman–Crippen LogP) is 4.82. The lowest BCUT2D eigenvalue weighted by atomic mass is 10.2. The molecular formula is C19H20Cl2N2O2S. The van der Waals surface area contributed by atoms with Gasteiger partial charge in [-0.1, -0.05) is 54.4 Å². The summed E-state index contributed by atoms with van der Waals surface area (Å²) in [7, 11) is 1.61. The Hall–Kier alpha value is -1.69. The number of para-hydroxylation sites is 1. The maximum absolute atomic E-state index is 12.5. The average molecular weight is 411 g/mol. The zero-order valence-electron chi connectivity index (χ0n) is 14.5. The Kier molecular flexibility index (Phi) is 7.82. The molecule has 0 aromatic heterocycles. The van der Waals surface area contributed by atoms with Gasteiger partial charge in [-0.3, -0.25) is 9.59 Å². The maximum Gasteiger partial charge on any atom is 0.244 e. The number of rotatable bonds is 7. The van der Waals surface area contributed by atoms with E-state index in [0.717, 1.165) is 4.90 Å². The van der Waals surface area contributed by atoms with E-state index in [-0.39, 0.29) is 24.3 Å². The minimum atomic E-state index is -0.348. The third-order valence-corrected chi connectivity index (χ3v) is 5.55. The van der Waals surface area contributed by atoms with Crippen molar-refractivity contribution >= 4 is 52.5 Å². The minimum absolute atomic E-state index is 0.0687. The number of anilines is 1. The van der Waals surface area contributed by atoms with Crippen LogP contribution in [0.1, 0.15) is 6.92 Å². The van der Waals surface area contributed by atoms with Gasteiger partial charge in [0.05, 0.1) is 22.3 Å². The van der Waals surface area contributed by atoms with Crippen molar-refractivity contribution in [3.8, 4) is 0 Å². The number of nitrogens with one attached hydrogen (secondary N) is 1. The van der Waals surface area contributed by atoms with Crippen LogP contribution in [0.4, 0.5) is 5.69 Å². The molecule has 2 aromatic carbocycles. The van der Waals surface area contributed by atoms with Crippen LogP contribution in [0.2, 0.25) is 10.0 Å². The van der Waals surface area contributed by atoms with Crippen LogP contribution in [-0.2, 0) is 9.59 Å². The van der Waals surface area contributed by atoms with Crippen molar-refractivity contribution in [2.75, 3.05) is 24.7 Å². The molecule has 1 unspecified atom stereocenters. The Bertz CT molecular complexity index is 751. The van der Waals surface area contributed by atoms with Gasteiger partial charge < -0.3 is 10.2 Å². The number of benzene rings is 2. The molecule has 138 valence electrons. The summed E-state index contributed by atoms with van der Waals surface area (Å²) in [5.41, 5.74) is 0.356. The fourth-order valence-electron chi connectivity index (χ4n) is 2.27. The Balaban J connectivity index is 1.86. The summed E-state index contributed by atoms with van der Waals surface area (Å²) >= 11 is 13.7. The largest absolute Gasteiger partial charge is 0.336 e. The van der Waals surface area contributed by atoms with E-state index in [1.54, 1.807) is 37.0 Å². The lowest BCUT2D eigenvalue weighted by Crippen LogP contribution is -2.38. The van der Waals surface area contributed by atoms with E-state index in [2.05, 4.69) is 5.32 Å². The zero-order valence-corrected chi connectivity index (χ0v) is 16.9. The summed E-state index contributed by atoms with van der Waals surface area (Å²) in [4.78, 5) is 27.2. The first-order valence-corrected chi connectivity index (χ1v) is 9.79. The Morgan fingerprint density at radius 3 is 2.31 bits per heavy atom. The molecule has 4 nitrogen and oxygen atoms in total. The van der Waals surface area contributed by atoms with E-state index in [9.17, 15) is 9.59 Å². The first kappa shape index (κ1) is 20.6. The number of halogens is 2. The number of carbonyl (C=O) groups excluding carboxylic acids is 2. The summed E-state index contributed by atoms with van der Waals surface area (Å²) in [5, 5.41) is 3.37. The molecule has 2 rings (SSSR count). The van der Waals surface area contributed by atoms with Crippen LogP contribution in [0.3, 0.4) is 0 Å². The van der Waals surface area contributed by atoms with E-state index in [0.29, 0.717) is 21.5 Å². The van der Waals surface area contributed by atoms with Gasteiger partial charge in [-0.15, -0.1) is 11.8 Å². The molecule has 0 bridgehead atoms. The number of hydrogen-bond acceptors (Lipinski definition) is 3. The van der Waals surface area contributed by atoms with Crippen molar-refractivity contribution in [1.29, 1.82) is 0 Å². The van der Waals surface area contributed by atoms with E-state index in [1.165, 1.54) is 4.90 Å². The quantitative estimate of drug-likeness (QED) is 0.665. The van der Waals surface area contributed by atoms with Gasteiger partial charge in [-0.2, -0.15) is 0 Å². The van der Waals surface area contributed by atoms with Crippen molar-refractivity contribution in [1.82, 2.24) is 4.90 Å². The van der Waals surface area contributed by atoms with Crippen LogP contribution in [0, 0.1) is 5.92 Å². The van der Waals surface area contributed by atoms with Gasteiger partial charge >= 0.3 is 0 Å². The highest BCUT2D eigenvalue weighted by Gasteiger charge is 2.20. The Morgan fingerprint density at radius 1 is 1.08 bits per heavy atom. The van der Waals surface area contributed by atoms with Crippen LogP contribution < -0.4 is 5.32 Å². The van der Waals surface area contributed by atoms with Crippen molar-refractivity contribution in [3.63, 3.8) is 0 Å². The van der Waals surface area contributed by atoms with E-state index in [4.69, 9.17) is 23.2 Å². The second-order valence-corrected chi connectivity index (χ2v) is 7.77. The maximum atomic E-state index is 12.5. The highest BCUT2D eigenvalue weighted by Crippen LogP contribution is 2.29. The van der Waals surface area contributed by atoms with Crippen LogP contribution in [-0.4, -0.2) is 36.1 Å². The molecule has 26 heavy (non-hydrogen) atoms. The van der Waals surface area contributed by atoms with Crippen LogP contribution >= 0.6 is 35.0 Å². The first-order chi connectivity index (χ1) is 12.4. The van der Waals surface area contributed by atoms with Crippen molar-refractivity contribution < 1.29 is 9.59 Å². The predicted molar refractivity (Wildman–Crippen MR) is 109 cm³/mol. The number of amides is 2. The molecule has 0 saturated carbocycles. The second-order valence-electron chi connectivity index (χ2n) is 5.86. The number of carbonyl (C=O) groups is 2. The smallest absolute Gasteiger partial charge is 0.244 e. The van der Waals surface area contributed by atoms with Gasteiger partial charge in [0.1, 0.15) is 0 Å². The normalized spacial score (nSPS) is 11.7. The van der Waals surface area contributed by atoms with E-state index in [1.807, 2.05) is 37.3 Å². The Labute approximate surface area is 167 Å². The molecule has 0 aliphatic heterocycles. The summed E-state index contributed by atoms with van der Waals surface area (Å²) in [6.45, 7) is 1.79. The third kappa shape index (κ3) is 5.94. The molecule has 2 amide bonds. The SMILES string of the molecule is CC(CSc1ccccc1)C(=O)N(C)CC(=O)Nc1c(Cl)cccc1Cl. The molecule has 1 atom stereocenters. The third-order valence-electron chi connectivity index (χ3n) is 3.65. The van der Waals surface area contributed by atoms with E-state index >= 15 is 0 Å². The number of thioether (sulfide) groups is 1. The molecule has 0 heterocycles. The zero-order chi connectivity index (χ0) is 19.1. The van der Waals surface area contributed by atoms with Crippen molar-refractivity contribution in [3.05, 3.63) is 58.6 Å². The van der Waals surface area contributed by atoms with Gasteiger partial charge in [0.2, 0.25) is 11.8 Å². The lowest BCUT2D eigenvalue weighted by molar-refractivity contribution is -0.135. The van der Waals surface area contributed by atoms with Gasteiger partial charge in [0, 0.05) is 23.6 Å². The summed E-state index contributed by atoms with van der Waals surface area (Å²) in [5.74, 6) is 0.0000198. The summed E-state index contributed by atoms with van der Waals surface area (Å²) < 4.78 is 0. The number of likely N-dealkylation sites (N-methyl/N-ethyl adjacent to an activating group) is 1. The standard InChI is InChI=1S/C19H20Cl2N2O2S/c1-13(12-26-14-7-4-3-5-8-14)19(25)23(2)11-17(24)22-18-15(20)9-6-10-16(18)21/h3-10,13H,11-12H2,1-2H3,(H,22,24). The molecule has 0 radical (unpaired) electrons. The number of hydrogen-bond donors (Lipinski definition) is 1. The molecule has 1 N–H and O–H groups in total. The van der Waals surface area contributed by atoms with Crippen molar-refractivity contribution in [2.45, 2.75) is 11.8 Å². The molecule has 0 aliphatic rings. The molecule has 0 fully saturated rings. The topological polar surface area (TPSA) is 49.4 Å². The molecule has 0 spiro atoms. The fraction of sp³-hybridized carbons (Fsp3) is 0.263. The molecule has 0 aliphatic carbocycles.